The molecule has 1 unspecified atom stereocenters. The number of fused-ring (bicyclic) bond motifs is 1. The Hall–Kier alpha value is -2.08. The lowest BCUT2D eigenvalue weighted by molar-refractivity contribution is -0.142. The minimum absolute atomic E-state index is 0.0205. The molecule has 6 nitrogen and oxygen atoms in total. The van der Waals surface area contributed by atoms with Crippen LogP contribution < -0.4 is 15.4 Å². The zero-order valence-electron chi connectivity index (χ0n) is 12.3. The van der Waals surface area contributed by atoms with Crippen LogP contribution in [-0.4, -0.2) is 31.6 Å². The number of hydrogen-bond donors (Lipinski definition) is 1. The standard InChI is InChI=1S/C15H20N2O4/c1-3-20-15(19)6-7-17-12-8-11(10(2)16)4-5-13(12)21-9-14(17)18/h4-5,8,10H,3,6-7,9,16H2,1-2H3. The molecule has 0 bridgehead atoms. The Bertz CT molecular complexity index is 542. The van der Waals surface area contributed by atoms with Gasteiger partial charge in [0.15, 0.2) is 6.61 Å². The van der Waals surface area contributed by atoms with Gasteiger partial charge in [-0.15, -0.1) is 0 Å². The second-order valence-corrected chi connectivity index (χ2v) is 4.90. The van der Waals surface area contributed by atoms with Crippen LogP contribution >= 0.6 is 0 Å². The maximum absolute atomic E-state index is 12.0. The van der Waals surface area contributed by atoms with E-state index in [4.69, 9.17) is 15.2 Å². The highest BCUT2D eigenvalue weighted by Gasteiger charge is 2.26. The van der Waals surface area contributed by atoms with Crippen molar-refractivity contribution in [2.75, 3.05) is 24.7 Å². The number of esters is 1. The molecule has 0 saturated carbocycles. The average molecular weight is 292 g/mol. The maximum atomic E-state index is 12.0. The quantitative estimate of drug-likeness (QED) is 0.829. The number of nitrogens with two attached hydrogens (primary N) is 1. The second kappa shape index (κ2) is 6.58. The van der Waals surface area contributed by atoms with Gasteiger partial charge in [-0.1, -0.05) is 6.07 Å². The summed E-state index contributed by atoms with van der Waals surface area (Å²) in [5.41, 5.74) is 7.44. The minimum Gasteiger partial charge on any atom is -0.482 e. The van der Waals surface area contributed by atoms with Crippen molar-refractivity contribution < 1.29 is 19.1 Å². The monoisotopic (exact) mass is 292 g/mol. The van der Waals surface area contributed by atoms with Gasteiger partial charge in [0.05, 0.1) is 18.7 Å². The Balaban J connectivity index is 2.20. The summed E-state index contributed by atoms with van der Waals surface area (Å²) in [5, 5.41) is 0. The van der Waals surface area contributed by atoms with Gasteiger partial charge >= 0.3 is 5.97 Å². The first-order chi connectivity index (χ1) is 10.0. The van der Waals surface area contributed by atoms with Gasteiger partial charge < -0.3 is 20.1 Å². The summed E-state index contributed by atoms with van der Waals surface area (Å²) in [6.45, 7) is 4.21. The number of amides is 1. The Morgan fingerprint density at radius 3 is 2.95 bits per heavy atom. The Morgan fingerprint density at radius 1 is 1.52 bits per heavy atom. The topological polar surface area (TPSA) is 81.9 Å². The van der Waals surface area contributed by atoms with Crippen LogP contribution in [0.15, 0.2) is 18.2 Å². The van der Waals surface area contributed by atoms with E-state index in [0.717, 1.165) is 5.56 Å². The predicted octanol–water partition coefficient (Wildman–Crippen LogP) is 1.38. The maximum Gasteiger partial charge on any atom is 0.307 e. The first kappa shape index (κ1) is 15.3. The zero-order chi connectivity index (χ0) is 15.4. The molecule has 1 atom stereocenters. The van der Waals surface area contributed by atoms with Crippen molar-refractivity contribution in [1.82, 2.24) is 0 Å². The van der Waals surface area contributed by atoms with Gasteiger partial charge in [-0.3, -0.25) is 9.59 Å². The van der Waals surface area contributed by atoms with E-state index in [9.17, 15) is 9.59 Å². The Kier molecular flexibility index (Phi) is 4.80. The van der Waals surface area contributed by atoms with E-state index in [0.29, 0.717) is 18.0 Å². The van der Waals surface area contributed by atoms with Crippen LogP contribution in [0.25, 0.3) is 0 Å². The van der Waals surface area contributed by atoms with Crippen molar-refractivity contribution in [3.05, 3.63) is 23.8 Å². The molecular weight excluding hydrogens is 272 g/mol. The minimum atomic E-state index is -0.318. The highest BCUT2D eigenvalue weighted by atomic mass is 16.5. The van der Waals surface area contributed by atoms with Gasteiger partial charge in [0.2, 0.25) is 0 Å². The van der Waals surface area contributed by atoms with Gasteiger partial charge in [0, 0.05) is 12.6 Å². The first-order valence-electron chi connectivity index (χ1n) is 7.01. The summed E-state index contributed by atoms with van der Waals surface area (Å²) in [6.07, 6.45) is 0.154. The fraction of sp³-hybridized carbons (Fsp3) is 0.467. The fourth-order valence-corrected chi connectivity index (χ4v) is 2.18. The number of benzene rings is 1. The van der Waals surface area contributed by atoms with Crippen LogP contribution in [0.2, 0.25) is 0 Å². The van der Waals surface area contributed by atoms with Gasteiger partial charge in [-0.05, 0) is 31.5 Å². The van der Waals surface area contributed by atoms with Gasteiger partial charge in [-0.2, -0.15) is 0 Å². The van der Waals surface area contributed by atoms with E-state index in [2.05, 4.69) is 0 Å². The average Bonchev–Trinajstić information content (AvgIpc) is 2.45. The van der Waals surface area contributed by atoms with Crippen molar-refractivity contribution in [2.45, 2.75) is 26.3 Å². The lowest BCUT2D eigenvalue weighted by Gasteiger charge is -2.30. The highest BCUT2D eigenvalue weighted by molar-refractivity contribution is 5.98. The molecule has 0 aliphatic carbocycles. The Labute approximate surface area is 123 Å². The second-order valence-electron chi connectivity index (χ2n) is 4.90. The van der Waals surface area contributed by atoms with E-state index in [1.54, 1.807) is 17.9 Å². The van der Waals surface area contributed by atoms with Crippen LogP contribution in [-0.2, 0) is 14.3 Å². The summed E-state index contributed by atoms with van der Waals surface area (Å²) in [7, 11) is 0. The predicted molar refractivity (Wildman–Crippen MR) is 78.1 cm³/mol. The normalized spacial score (nSPS) is 15.2. The third-order valence-corrected chi connectivity index (χ3v) is 3.30. The molecular formula is C15H20N2O4. The van der Waals surface area contributed by atoms with Crippen LogP contribution in [0.1, 0.15) is 31.9 Å². The summed E-state index contributed by atoms with van der Waals surface area (Å²) < 4.78 is 10.3. The summed E-state index contributed by atoms with van der Waals surface area (Å²) in [6, 6.07) is 5.38. The van der Waals surface area contributed by atoms with Gasteiger partial charge in [0.25, 0.3) is 5.91 Å². The molecule has 1 aromatic rings. The molecule has 0 radical (unpaired) electrons. The molecule has 1 aliphatic rings. The van der Waals surface area contributed by atoms with Gasteiger partial charge in [0.1, 0.15) is 5.75 Å². The molecule has 0 aromatic heterocycles. The molecule has 1 aromatic carbocycles. The van der Waals surface area contributed by atoms with Crippen molar-refractivity contribution in [3.8, 4) is 5.75 Å². The zero-order valence-corrected chi connectivity index (χ0v) is 12.3. The summed E-state index contributed by atoms with van der Waals surface area (Å²) in [4.78, 5) is 25.1. The molecule has 114 valence electrons. The number of hydrogen-bond acceptors (Lipinski definition) is 5. The van der Waals surface area contributed by atoms with E-state index in [1.165, 1.54) is 0 Å². The number of carbonyl (C=O) groups is 2. The number of nitrogens with zero attached hydrogens (tertiary/aromatic N) is 1. The SMILES string of the molecule is CCOC(=O)CCN1C(=O)COc2ccc(C(C)N)cc21. The fourth-order valence-electron chi connectivity index (χ4n) is 2.18. The van der Waals surface area contributed by atoms with Gasteiger partial charge in [-0.25, -0.2) is 0 Å². The molecule has 0 fully saturated rings. The third kappa shape index (κ3) is 3.52. The van der Waals surface area contributed by atoms with Crippen molar-refractivity contribution in [2.24, 2.45) is 5.73 Å². The number of carbonyl (C=O) groups excluding carboxylic acids is 2. The summed E-state index contributed by atoms with van der Waals surface area (Å²) >= 11 is 0. The van der Waals surface area contributed by atoms with E-state index >= 15 is 0 Å². The molecule has 0 spiro atoms. The Morgan fingerprint density at radius 2 is 2.29 bits per heavy atom. The summed E-state index contributed by atoms with van der Waals surface area (Å²) in [5.74, 6) is 0.137. The molecule has 2 rings (SSSR count). The van der Waals surface area contributed by atoms with E-state index in [1.807, 2.05) is 19.1 Å². The smallest absolute Gasteiger partial charge is 0.307 e. The number of rotatable bonds is 5. The molecule has 21 heavy (non-hydrogen) atoms. The molecule has 1 heterocycles. The van der Waals surface area contributed by atoms with Crippen molar-refractivity contribution >= 4 is 17.6 Å². The van der Waals surface area contributed by atoms with Crippen LogP contribution in [0.3, 0.4) is 0 Å². The molecule has 0 saturated heterocycles. The molecule has 1 amide bonds. The number of ether oxygens (including phenoxy) is 2. The van der Waals surface area contributed by atoms with Crippen LogP contribution in [0, 0.1) is 0 Å². The number of anilines is 1. The highest BCUT2D eigenvalue weighted by Crippen LogP contribution is 2.34. The molecule has 6 heteroatoms. The first-order valence-corrected chi connectivity index (χ1v) is 7.01. The van der Waals surface area contributed by atoms with Crippen LogP contribution in [0.4, 0.5) is 5.69 Å². The van der Waals surface area contributed by atoms with E-state index in [-0.39, 0.29) is 37.5 Å². The third-order valence-electron chi connectivity index (χ3n) is 3.30. The van der Waals surface area contributed by atoms with Crippen LogP contribution in [0.5, 0.6) is 5.75 Å². The lowest BCUT2D eigenvalue weighted by Crippen LogP contribution is -2.40. The van der Waals surface area contributed by atoms with E-state index < -0.39 is 0 Å². The van der Waals surface area contributed by atoms with Crippen molar-refractivity contribution in [1.29, 1.82) is 0 Å². The van der Waals surface area contributed by atoms with Crippen molar-refractivity contribution in [3.63, 3.8) is 0 Å². The molecule has 2 N–H and O–H groups in total. The largest absolute Gasteiger partial charge is 0.482 e. The lowest BCUT2D eigenvalue weighted by atomic mass is 10.1. The molecule has 1 aliphatic heterocycles.